The summed E-state index contributed by atoms with van der Waals surface area (Å²) in [7, 11) is 1.40. The van der Waals surface area contributed by atoms with Gasteiger partial charge in [0.1, 0.15) is 35.4 Å². The number of phenolic OH excluding ortho intramolecular Hbond substituents is 1. The SMILES string of the molecule is CO[C@@H]1[C@@H](O)[C@@H](O)[C@@H](Oc2ccc3c(O)c(NC(=O)c4ccc(O)c(CC=C(C)C)c4)c(=O)oc3c2C)OC1(C)C. The largest absolute Gasteiger partial charge is 0.508 e. The number of aromatic hydroxyl groups is 2. The molecule has 1 fully saturated rings. The summed E-state index contributed by atoms with van der Waals surface area (Å²) in [5.41, 5.74) is -0.390. The van der Waals surface area contributed by atoms with Crippen molar-refractivity contribution in [2.75, 3.05) is 12.4 Å². The third kappa shape index (κ3) is 5.94. The number of benzene rings is 2. The fourth-order valence-electron chi connectivity index (χ4n) is 4.82. The van der Waals surface area contributed by atoms with E-state index in [1.807, 2.05) is 19.9 Å². The van der Waals surface area contributed by atoms with Gasteiger partial charge < -0.3 is 44.4 Å². The number of aliphatic hydroxyl groups is 2. The van der Waals surface area contributed by atoms with Crippen LogP contribution < -0.4 is 15.7 Å². The standard InChI is InChI=1S/C30H35NO10/c1-14(2)7-8-16-13-17(9-11-19(16)32)27(36)31-21-22(33)18-10-12-20(15(3)25(18)40-28(21)37)39-29-24(35)23(34)26(38-6)30(4,5)41-29/h7,9-13,23-24,26,29,32-35H,8H2,1-6H3,(H,31,36)/t23-,24+,26+,29-/m0/s1. The molecule has 4 rings (SSSR count). The highest BCUT2D eigenvalue weighted by atomic mass is 16.7. The summed E-state index contributed by atoms with van der Waals surface area (Å²) < 4.78 is 22.5. The predicted molar refractivity (Wildman–Crippen MR) is 150 cm³/mol. The maximum absolute atomic E-state index is 13.0. The second-order valence-corrected chi connectivity index (χ2v) is 10.8. The van der Waals surface area contributed by atoms with Gasteiger partial charge in [-0.2, -0.15) is 0 Å². The molecule has 0 radical (unpaired) electrons. The van der Waals surface area contributed by atoms with E-state index in [1.165, 1.54) is 37.4 Å². The Kier molecular flexibility index (Phi) is 8.46. The second-order valence-electron chi connectivity index (χ2n) is 10.8. The van der Waals surface area contributed by atoms with Gasteiger partial charge in [0.15, 0.2) is 11.4 Å². The van der Waals surface area contributed by atoms with E-state index in [0.29, 0.717) is 17.5 Å². The number of hydrogen-bond acceptors (Lipinski definition) is 10. The normalized spacial score (nSPS) is 21.9. The molecule has 0 spiro atoms. The van der Waals surface area contributed by atoms with Crippen molar-refractivity contribution in [2.24, 2.45) is 0 Å². The first-order valence-corrected chi connectivity index (χ1v) is 13.0. The molecule has 1 aromatic heterocycles. The van der Waals surface area contributed by atoms with E-state index in [9.17, 15) is 30.0 Å². The summed E-state index contributed by atoms with van der Waals surface area (Å²) in [5.74, 6) is -0.978. The molecule has 1 aliphatic rings. The number of ether oxygens (including phenoxy) is 3. The molecule has 41 heavy (non-hydrogen) atoms. The van der Waals surface area contributed by atoms with Crippen LogP contribution in [0.3, 0.4) is 0 Å². The average Bonchev–Trinajstić information content (AvgIpc) is 2.90. The molecule has 220 valence electrons. The molecule has 11 nitrogen and oxygen atoms in total. The van der Waals surface area contributed by atoms with Crippen LogP contribution in [-0.2, 0) is 15.9 Å². The maximum Gasteiger partial charge on any atom is 0.364 e. The summed E-state index contributed by atoms with van der Waals surface area (Å²) in [6.07, 6.45) is -2.49. The van der Waals surface area contributed by atoms with Crippen molar-refractivity contribution in [2.45, 2.75) is 71.2 Å². The van der Waals surface area contributed by atoms with Gasteiger partial charge in [-0.3, -0.25) is 4.79 Å². The number of phenols is 1. The number of rotatable bonds is 7. The zero-order valence-electron chi connectivity index (χ0n) is 23.7. The summed E-state index contributed by atoms with van der Waals surface area (Å²) in [5, 5.41) is 44.7. The number of nitrogens with one attached hydrogen (secondary N) is 1. The number of hydrogen-bond donors (Lipinski definition) is 5. The topological polar surface area (TPSA) is 168 Å². The lowest BCUT2D eigenvalue weighted by Crippen LogP contribution is -2.63. The summed E-state index contributed by atoms with van der Waals surface area (Å²) >= 11 is 0. The van der Waals surface area contributed by atoms with Crippen LogP contribution in [0.2, 0.25) is 0 Å². The summed E-state index contributed by atoms with van der Waals surface area (Å²) in [4.78, 5) is 25.8. The minimum Gasteiger partial charge on any atom is -0.508 e. The van der Waals surface area contributed by atoms with Crippen molar-refractivity contribution >= 4 is 22.6 Å². The van der Waals surface area contributed by atoms with Crippen molar-refractivity contribution in [1.82, 2.24) is 0 Å². The van der Waals surface area contributed by atoms with Gasteiger partial charge in [0.05, 0.1) is 11.0 Å². The number of anilines is 1. The molecule has 4 atom stereocenters. The fraction of sp³-hybridized carbons (Fsp3) is 0.400. The third-order valence-corrected chi connectivity index (χ3v) is 7.10. The van der Waals surface area contributed by atoms with Gasteiger partial charge in [0.25, 0.3) is 5.91 Å². The highest BCUT2D eigenvalue weighted by Crippen LogP contribution is 2.38. The van der Waals surface area contributed by atoms with Crippen molar-refractivity contribution in [3.63, 3.8) is 0 Å². The molecule has 0 aliphatic carbocycles. The minimum absolute atomic E-state index is 0.00322. The Hall–Kier alpha value is -3.90. The van der Waals surface area contributed by atoms with Gasteiger partial charge in [-0.15, -0.1) is 0 Å². The van der Waals surface area contributed by atoms with Crippen LogP contribution in [0, 0.1) is 6.92 Å². The lowest BCUT2D eigenvalue weighted by Gasteiger charge is -2.46. The van der Waals surface area contributed by atoms with Gasteiger partial charge >= 0.3 is 5.63 Å². The van der Waals surface area contributed by atoms with Crippen LogP contribution in [0.25, 0.3) is 11.0 Å². The molecule has 0 bridgehead atoms. The van der Waals surface area contributed by atoms with Gasteiger partial charge in [-0.25, -0.2) is 4.79 Å². The molecule has 1 aliphatic heterocycles. The van der Waals surface area contributed by atoms with Gasteiger partial charge in [0, 0.05) is 18.2 Å². The Morgan fingerprint density at radius 1 is 1.12 bits per heavy atom. The number of allylic oxidation sites excluding steroid dienone is 2. The molecular formula is C30H35NO10. The molecule has 2 heterocycles. The molecule has 2 aromatic carbocycles. The van der Waals surface area contributed by atoms with Gasteiger partial charge in [-0.1, -0.05) is 11.6 Å². The molecule has 11 heteroatoms. The first-order chi connectivity index (χ1) is 19.2. The predicted octanol–water partition coefficient (Wildman–Crippen LogP) is 3.52. The Morgan fingerprint density at radius 3 is 2.49 bits per heavy atom. The Bertz CT molecular complexity index is 1550. The number of aryl methyl sites for hydroxylation is 1. The van der Waals surface area contributed by atoms with Gasteiger partial charge in [-0.05, 0) is 76.9 Å². The molecule has 3 aromatic rings. The number of methoxy groups -OCH3 is 1. The first-order valence-electron chi connectivity index (χ1n) is 13.0. The van der Waals surface area contributed by atoms with E-state index < -0.39 is 53.2 Å². The molecule has 1 amide bonds. The lowest BCUT2D eigenvalue weighted by atomic mass is 9.89. The van der Waals surface area contributed by atoms with Crippen LogP contribution in [0.5, 0.6) is 17.2 Å². The number of carbonyl (C=O) groups excluding carboxylic acids is 1. The number of carbonyl (C=O) groups is 1. The maximum atomic E-state index is 13.0. The molecule has 1 saturated heterocycles. The van der Waals surface area contributed by atoms with E-state index in [4.69, 9.17) is 18.6 Å². The van der Waals surface area contributed by atoms with E-state index in [-0.39, 0.29) is 28.0 Å². The average molecular weight is 570 g/mol. The monoisotopic (exact) mass is 569 g/mol. The quantitative estimate of drug-likeness (QED) is 0.210. The number of aliphatic hydroxyl groups excluding tert-OH is 2. The zero-order valence-corrected chi connectivity index (χ0v) is 23.7. The van der Waals surface area contributed by atoms with E-state index >= 15 is 0 Å². The third-order valence-electron chi connectivity index (χ3n) is 7.10. The number of amides is 1. The van der Waals surface area contributed by atoms with Crippen molar-refractivity contribution in [3.05, 3.63) is 69.1 Å². The van der Waals surface area contributed by atoms with Crippen molar-refractivity contribution in [3.8, 4) is 17.2 Å². The number of fused-ring (bicyclic) bond motifs is 1. The highest BCUT2D eigenvalue weighted by molar-refractivity contribution is 6.06. The van der Waals surface area contributed by atoms with Crippen LogP contribution >= 0.6 is 0 Å². The van der Waals surface area contributed by atoms with Crippen LogP contribution in [-0.4, -0.2) is 63.6 Å². The van der Waals surface area contributed by atoms with E-state index in [1.54, 1.807) is 20.8 Å². The molecule has 5 N–H and O–H groups in total. The summed E-state index contributed by atoms with van der Waals surface area (Å²) in [6.45, 7) is 8.80. The Labute approximate surface area is 236 Å². The first kappa shape index (κ1) is 30.1. The summed E-state index contributed by atoms with van der Waals surface area (Å²) in [6, 6.07) is 7.21. The molecular weight excluding hydrogens is 534 g/mol. The molecule has 0 unspecified atom stereocenters. The van der Waals surface area contributed by atoms with Crippen LogP contribution in [0.15, 0.2) is 51.2 Å². The smallest absolute Gasteiger partial charge is 0.364 e. The lowest BCUT2D eigenvalue weighted by molar-refractivity contribution is -0.306. The zero-order chi connectivity index (χ0) is 30.2. The van der Waals surface area contributed by atoms with Crippen LogP contribution in [0.1, 0.15) is 49.2 Å². The van der Waals surface area contributed by atoms with Crippen LogP contribution in [0.4, 0.5) is 5.69 Å². The highest BCUT2D eigenvalue weighted by Gasteiger charge is 2.50. The van der Waals surface area contributed by atoms with Gasteiger partial charge in [0.2, 0.25) is 6.29 Å². The fourth-order valence-corrected chi connectivity index (χ4v) is 4.82. The van der Waals surface area contributed by atoms with Crippen molar-refractivity contribution < 1.29 is 43.8 Å². The second kappa shape index (κ2) is 11.5. The minimum atomic E-state index is -1.44. The van der Waals surface area contributed by atoms with E-state index in [0.717, 1.165) is 5.57 Å². The Morgan fingerprint density at radius 2 is 1.83 bits per heavy atom. The Balaban J connectivity index is 1.62. The molecule has 0 saturated carbocycles. The van der Waals surface area contributed by atoms with E-state index in [2.05, 4.69) is 5.32 Å². The van der Waals surface area contributed by atoms with Crippen molar-refractivity contribution in [1.29, 1.82) is 0 Å².